The van der Waals surface area contributed by atoms with Gasteiger partial charge in [-0.1, -0.05) is 43.0 Å². The van der Waals surface area contributed by atoms with E-state index in [1.807, 2.05) is 36.4 Å². The number of benzene rings is 1. The minimum absolute atomic E-state index is 0. The third-order valence-corrected chi connectivity index (χ3v) is 1.04. The fourth-order valence-corrected chi connectivity index (χ4v) is 0.589. The van der Waals surface area contributed by atoms with Gasteiger partial charge >= 0.3 is 0 Å². The lowest BCUT2D eigenvalue weighted by Crippen LogP contribution is -1.63. The Morgan fingerprint density at radius 1 is 1.11 bits per heavy atom. The van der Waals surface area contributed by atoms with E-state index in [9.17, 15) is 0 Å². The Morgan fingerprint density at radius 3 is 2.00 bits per heavy atom. The molecule has 0 aliphatic carbocycles. The molecule has 0 unspecified atom stereocenters. The van der Waals surface area contributed by atoms with E-state index in [1.165, 1.54) is 5.56 Å². The van der Waals surface area contributed by atoms with E-state index >= 15 is 0 Å². The molecule has 1 heteroatoms. The molecule has 1 aromatic carbocycles. The number of hydrogen-bond acceptors (Lipinski definition) is 0. The molecule has 0 N–H and O–H groups in total. The maximum Gasteiger partial charge on any atom is -0.0263 e. The van der Waals surface area contributed by atoms with Crippen molar-refractivity contribution in [2.45, 2.75) is 0 Å². The smallest absolute Gasteiger partial charge is 0.0263 e. The molecular formula is C8H9I. The second kappa shape index (κ2) is 4.56. The molecule has 0 atom stereocenters. The molecule has 0 aliphatic rings. The monoisotopic (exact) mass is 232 g/mol. The van der Waals surface area contributed by atoms with E-state index < -0.39 is 0 Å². The minimum Gasteiger partial charge on any atom is -0.107 e. The molecule has 9 heavy (non-hydrogen) atoms. The SMILES string of the molecule is C=Cc1ccccc1.I. The van der Waals surface area contributed by atoms with Crippen LogP contribution in [0.2, 0.25) is 0 Å². The second-order valence-corrected chi connectivity index (χ2v) is 1.61. The molecule has 0 radical (unpaired) electrons. The van der Waals surface area contributed by atoms with Gasteiger partial charge in [-0.2, -0.15) is 0 Å². The summed E-state index contributed by atoms with van der Waals surface area (Å²) in [7, 11) is 0. The Morgan fingerprint density at radius 2 is 1.67 bits per heavy atom. The summed E-state index contributed by atoms with van der Waals surface area (Å²) in [5.74, 6) is 0. The molecule has 0 aromatic heterocycles. The lowest BCUT2D eigenvalue weighted by molar-refractivity contribution is 1.67. The molecule has 0 bridgehead atoms. The van der Waals surface area contributed by atoms with E-state index in [-0.39, 0.29) is 24.0 Å². The van der Waals surface area contributed by atoms with Crippen LogP contribution >= 0.6 is 24.0 Å². The highest BCUT2D eigenvalue weighted by atomic mass is 127. The molecule has 0 aliphatic heterocycles. The van der Waals surface area contributed by atoms with Crippen molar-refractivity contribution >= 4 is 30.1 Å². The molecule has 48 valence electrons. The lowest BCUT2D eigenvalue weighted by Gasteiger charge is -1.85. The first-order valence-electron chi connectivity index (χ1n) is 2.61. The van der Waals surface area contributed by atoms with Crippen molar-refractivity contribution in [2.75, 3.05) is 0 Å². The van der Waals surface area contributed by atoms with Crippen LogP contribution in [0.4, 0.5) is 0 Å². The number of hydrogen-bond donors (Lipinski definition) is 0. The van der Waals surface area contributed by atoms with Crippen LogP contribution < -0.4 is 0 Å². The van der Waals surface area contributed by atoms with Crippen LogP contribution in [-0.4, -0.2) is 0 Å². The first-order valence-corrected chi connectivity index (χ1v) is 2.61. The Kier molecular flexibility index (Phi) is 4.40. The summed E-state index contributed by atoms with van der Waals surface area (Å²) in [6.07, 6.45) is 1.83. The third-order valence-electron chi connectivity index (χ3n) is 1.04. The van der Waals surface area contributed by atoms with Gasteiger partial charge in [0.05, 0.1) is 0 Å². The predicted octanol–water partition coefficient (Wildman–Crippen LogP) is 2.95. The minimum atomic E-state index is 0. The highest BCUT2D eigenvalue weighted by Gasteiger charge is 1.75. The molecule has 1 rings (SSSR count). The molecule has 0 nitrogen and oxygen atoms in total. The average Bonchev–Trinajstić information content (AvgIpc) is 1.90. The zero-order chi connectivity index (χ0) is 5.82. The Labute approximate surface area is 72.6 Å². The molecule has 0 fully saturated rings. The van der Waals surface area contributed by atoms with Gasteiger partial charge in [-0.05, 0) is 5.56 Å². The predicted molar refractivity (Wildman–Crippen MR) is 51.9 cm³/mol. The van der Waals surface area contributed by atoms with Gasteiger partial charge in [0.1, 0.15) is 0 Å². The van der Waals surface area contributed by atoms with Crippen LogP contribution in [0.3, 0.4) is 0 Å². The van der Waals surface area contributed by atoms with Crippen molar-refractivity contribution in [1.82, 2.24) is 0 Å². The summed E-state index contributed by atoms with van der Waals surface area (Å²) < 4.78 is 0. The molecule has 1 aromatic rings. The van der Waals surface area contributed by atoms with Crippen LogP contribution in [0.5, 0.6) is 0 Å². The molecule has 0 heterocycles. The Hall–Kier alpha value is -0.310. The first kappa shape index (κ1) is 8.69. The molecule has 0 spiro atoms. The summed E-state index contributed by atoms with van der Waals surface area (Å²) in [4.78, 5) is 0. The first-order chi connectivity index (χ1) is 3.93. The van der Waals surface area contributed by atoms with Gasteiger partial charge in [0.2, 0.25) is 0 Å². The topological polar surface area (TPSA) is 0 Å². The largest absolute Gasteiger partial charge is 0.107 e. The zero-order valence-corrected chi connectivity index (χ0v) is 7.41. The summed E-state index contributed by atoms with van der Waals surface area (Å²) in [5, 5.41) is 0. The van der Waals surface area contributed by atoms with Crippen molar-refractivity contribution in [3.05, 3.63) is 42.5 Å². The zero-order valence-electron chi connectivity index (χ0n) is 5.08. The average molecular weight is 232 g/mol. The summed E-state index contributed by atoms with van der Waals surface area (Å²) in [6, 6.07) is 10.0. The van der Waals surface area contributed by atoms with Crippen LogP contribution in [0.25, 0.3) is 6.08 Å². The van der Waals surface area contributed by atoms with Crippen LogP contribution in [-0.2, 0) is 0 Å². The second-order valence-electron chi connectivity index (χ2n) is 1.61. The quantitative estimate of drug-likeness (QED) is 0.653. The van der Waals surface area contributed by atoms with Gasteiger partial charge in [0, 0.05) is 0 Å². The normalized spacial score (nSPS) is 7.56. The van der Waals surface area contributed by atoms with Crippen molar-refractivity contribution in [1.29, 1.82) is 0 Å². The fourth-order valence-electron chi connectivity index (χ4n) is 0.589. The molecule has 0 amide bonds. The van der Waals surface area contributed by atoms with Crippen LogP contribution in [0, 0.1) is 0 Å². The van der Waals surface area contributed by atoms with Gasteiger partial charge in [-0.15, -0.1) is 24.0 Å². The van der Waals surface area contributed by atoms with Crippen molar-refractivity contribution in [3.8, 4) is 0 Å². The van der Waals surface area contributed by atoms with Crippen molar-refractivity contribution < 1.29 is 0 Å². The lowest BCUT2D eigenvalue weighted by atomic mass is 10.2. The van der Waals surface area contributed by atoms with Crippen molar-refractivity contribution in [2.24, 2.45) is 0 Å². The Bertz CT molecular complexity index is 167. The molecular weight excluding hydrogens is 223 g/mol. The van der Waals surface area contributed by atoms with Crippen molar-refractivity contribution in [3.63, 3.8) is 0 Å². The third kappa shape index (κ3) is 2.65. The number of rotatable bonds is 1. The van der Waals surface area contributed by atoms with Gasteiger partial charge in [-0.25, -0.2) is 0 Å². The standard InChI is InChI=1S/C8H8.HI/c1-2-8-6-4-3-5-7-8;/h2-7H,1H2;1H. The highest BCUT2D eigenvalue weighted by molar-refractivity contribution is 14.0. The van der Waals surface area contributed by atoms with E-state index in [2.05, 4.69) is 6.58 Å². The molecule has 0 saturated heterocycles. The van der Waals surface area contributed by atoms with Gasteiger partial charge < -0.3 is 0 Å². The van der Waals surface area contributed by atoms with Gasteiger partial charge in [0.15, 0.2) is 0 Å². The van der Waals surface area contributed by atoms with Gasteiger partial charge in [-0.3, -0.25) is 0 Å². The maximum absolute atomic E-state index is 3.63. The van der Waals surface area contributed by atoms with Crippen LogP contribution in [0.1, 0.15) is 5.56 Å². The van der Waals surface area contributed by atoms with Crippen LogP contribution in [0.15, 0.2) is 36.9 Å². The van der Waals surface area contributed by atoms with E-state index in [4.69, 9.17) is 0 Å². The molecule has 0 saturated carbocycles. The van der Waals surface area contributed by atoms with E-state index in [0.717, 1.165) is 0 Å². The van der Waals surface area contributed by atoms with E-state index in [0.29, 0.717) is 0 Å². The van der Waals surface area contributed by atoms with Gasteiger partial charge in [0.25, 0.3) is 0 Å². The summed E-state index contributed by atoms with van der Waals surface area (Å²) in [6.45, 7) is 3.63. The van der Waals surface area contributed by atoms with E-state index in [1.54, 1.807) is 0 Å². The fraction of sp³-hybridized carbons (Fsp3) is 0. The maximum atomic E-state index is 3.63. The Balaban J connectivity index is 0.000000640. The number of halogens is 1. The summed E-state index contributed by atoms with van der Waals surface area (Å²) in [5.41, 5.74) is 1.17. The summed E-state index contributed by atoms with van der Waals surface area (Å²) >= 11 is 0. The highest BCUT2D eigenvalue weighted by Crippen LogP contribution is 1.97.